The first-order valence-corrected chi connectivity index (χ1v) is 20.8. The van der Waals surface area contributed by atoms with Crippen molar-refractivity contribution in [3.05, 3.63) is 59.7 Å². The zero-order valence-corrected chi connectivity index (χ0v) is 32.3. The van der Waals surface area contributed by atoms with Gasteiger partial charge in [0.1, 0.15) is 6.10 Å². The van der Waals surface area contributed by atoms with Gasteiger partial charge in [-0.1, -0.05) is 89.6 Å². The van der Waals surface area contributed by atoms with E-state index >= 15 is 0 Å². The molecule has 1 aromatic carbocycles. The van der Waals surface area contributed by atoms with Crippen molar-refractivity contribution in [2.24, 2.45) is 51.2 Å². The van der Waals surface area contributed by atoms with Crippen LogP contribution in [0.5, 0.6) is 0 Å². The molecule has 8 aliphatic rings. The molecule has 7 nitrogen and oxygen atoms in total. The van der Waals surface area contributed by atoms with Crippen LogP contribution in [0.4, 0.5) is 4.79 Å². The second-order valence-corrected chi connectivity index (χ2v) is 19.3. The Balaban J connectivity index is 1.15. The second kappa shape index (κ2) is 13.1. The van der Waals surface area contributed by atoms with Gasteiger partial charge >= 0.3 is 6.09 Å². The number of benzene rings is 1. The Morgan fingerprint density at radius 2 is 1.69 bits per heavy atom. The molecule has 5 fully saturated rings. The number of aliphatic hydroxyl groups excluding tert-OH is 1. The van der Waals surface area contributed by atoms with Gasteiger partial charge in [-0.2, -0.15) is 0 Å². The number of amides is 1. The highest BCUT2D eigenvalue weighted by Gasteiger charge is 2.74. The van der Waals surface area contributed by atoms with Crippen molar-refractivity contribution >= 4 is 11.9 Å². The number of ether oxygens (including phenoxy) is 2. The van der Waals surface area contributed by atoms with Crippen LogP contribution in [0.3, 0.4) is 0 Å². The summed E-state index contributed by atoms with van der Waals surface area (Å²) in [4.78, 5) is 31.0. The maximum absolute atomic E-state index is 14.8. The van der Waals surface area contributed by atoms with E-state index < -0.39 is 16.4 Å². The molecule has 7 aliphatic carbocycles. The molecule has 4 saturated carbocycles. The standard InChI is InChI=1S/C45H63NO6/c1-29(2)34-14-13-30(3)24-36(34)52-40(49)46(27-33-12-9-23-51-33)28-44(50)20-17-38-42(44,5)19-16-37-41(4)18-15-32(47)25-43(41)21-22-45(37,38)35(26-43)39(48)31-10-7-6-8-11-31/h6-8,10-11,21-22,26,29-30,32-34,36-38,47,50H,9,12-20,23-25,27-28H2,1-5H3. The van der Waals surface area contributed by atoms with Gasteiger partial charge in [-0.3, -0.25) is 4.79 Å². The number of carbonyl (C=O) groups is 2. The molecule has 2 spiro atoms. The molecule has 1 amide bonds. The first-order chi connectivity index (χ1) is 24.8. The summed E-state index contributed by atoms with van der Waals surface area (Å²) in [6.45, 7) is 12.7. The number of hydrogen-bond donors (Lipinski definition) is 2. The Morgan fingerprint density at radius 3 is 2.42 bits per heavy atom. The predicted octanol–water partition coefficient (Wildman–Crippen LogP) is 8.54. The third kappa shape index (κ3) is 5.44. The highest BCUT2D eigenvalue weighted by Crippen LogP contribution is 2.78. The van der Waals surface area contributed by atoms with Crippen molar-refractivity contribution in [1.29, 1.82) is 0 Å². The lowest BCUT2D eigenvalue weighted by Crippen LogP contribution is -2.67. The molecule has 2 bridgehead atoms. The monoisotopic (exact) mass is 713 g/mol. The van der Waals surface area contributed by atoms with Crippen molar-refractivity contribution in [3.63, 3.8) is 0 Å². The summed E-state index contributed by atoms with van der Waals surface area (Å²) in [5.74, 6) is 1.59. The lowest BCUT2D eigenvalue weighted by Gasteiger charge is -2.71. The predicted molar refractivity (Wildman–Crippen MR) is 201 cm³/mol. The Morgan fingerprint density at radius 1 is 0.962 bits per heavy atom. The van der Waals surface area contributed by atoms with Crippen LogP contribution in [0.1, 0.15) is 122 Å². The van der Waals surface area contributed by atoms with E-state index in [0.29, 0.717) is 49.3 Å². The van der Waals surface area contributed by atoms with Gasteiger partial charge in [0.15, 0.2) is 5.78 Å². The molecule has 1 heterocycles. The third-order valence-corrected chi connectivity index (χ3v) is 16.4. The summed E-state index contributed by atoms with van der Waals surface area (Å²) in [6, 6.07) is 9.67. The molecule has 0 aromatic heterocycles. The molecule has 9 rings (SSSR count). The van der Waals surface area contributed by atoms with Crippen molar-refractivity contribution in [3.8, 4) is 0 Å². The van der Waals surface area contributed by atoms with Gasteiger partial charge in [0.25, 0.3) is 0 Å². The number of nitrogens with zero attached hydrogens (tertiary/aromatic N) is 1. The van der Waals surface area contributed by atoms with Gasteiger partial charge in [-0.25, -0.2) is 4.79 Å². The smallest absolute Gasteiger partial charge is 0.410 e. The van der Waals surface area contributed by atoms with Gasteiger partial charge < -0.3 is 24.6 Å². The SMILES string of the molecule is CC1CCC(C(C)C)C(OC(=O)N(CC2CCCO2)CC2(O)CCC3C45C=CC6(C=C4C(=O)c4ccccc4)CC(O)CCC6(C)C5CCC32C)C1. The molecule has 1 aromatic rings. The van der Waals surface area contributed by atoms with E-state index in [9.17, 15) is 19.8 Å². The summed E-state index contributed by atoms with van der Waals surface area (Å²) in [5, 5.41) is 24.2. The van der Waals surface area contributed by atoms with Crippen LogP contribution in [-0.4, -0.2) is 70.6 Å². The minimum atomic E-state index is -1.16. The minimum absolute atomic E-state index is 0.0194. The average Bonchev–Trinajstić information content (AvgIpc) is 3.73. The number of Topliss-reactive ketones (excluding diaryl/α,β-unsaturated/α-hetero) is 1. The van der Waals surface area contributed by atoms with Crippen LogP contribution < -0.4 is 0 Å². The van der Waals surface area contributed by atoms with E-state index in [1.165, 1.54) is 0 Å². The molecule has 284 valence electrons. The topological polar surface area (TPSA) is 96.3 Å². The van der Waals surface area contributed by atoms with E-state index in [0.717, 1.165) is 69.8 Å². The van der Waals surface area contributed by atoms with E-state index in [1.54, 1.807) is 0 Å². The quantitative estimate of drug-likeness (QED) is 0.207. The first-order valence-electron chi connectivity index (χ1n) is 20.8. The molecular weight excluding hydrogens is 650 g/mol. The van der Waals surface area contributed by atoms with Crippen molar-refractivity contribution in [2.75, 3.05) is 19.7 Å². The van der Waals surface area contributed by atoms with Crippen molar-refractivity contribution in [2.45, 2.75) is 136 Å². The number of fused-ring (bicyclic) bond motifs is 1. The highest BCUT2D eigenvalue weighted by molar-refractivity contribution is 6.10. The number of hydrogen-bond acceptors (Lipinski definition) is 6. The molecular formula is C45H63NO6. The van der Waals surface area contributed by atoms with Gasteiger partial charge in [-0.05, 0) is 106 Å². The number of ketones is 1. The van der Waals surface area contributed by atoms with E-state index in [2.05, 4.69) is 52.8 Å². The molecule has 12 unspecified atom stereocenters. The number of aliphatic hydroxyl groups is 2. The summed E-state index contributed by atoms with van der Waals surface area (Å²) in [6.07, 6.45) is 16.5. The first kappa shape index (κ1) is 36.5. The summed E-state index contributed by atoms with van der Waals surface area (Å²) in [5.41, 5.74) is -1.14. The Bertz CT molecular complexity index is 1600. The molecule has 1 aliphatic heterocycles. The van der Waals surface area contributed by atoms with Crippen LogP contribution in [0.2, 0.25) is 0 Å². The highest BCUT2D eigenvalue weighted by atomic mass is 16.6. The Kier molecular flexibility index (Phi) is 9.18. The maximum Gasteiger partial charge on any atom is 0.410 e. The molecule has 2 N–H and O–H groups in total. The summed E-state index contributed by atoms with van der Waals surface area (Å²) >= 11 is 0. The lowest BCUT2D eigenvalue weighted by atomic mass is 9.32. The zero-order valence-electron chi connectivity index (χ0n) is 32.3. The summed E-state index contributed by atoms with van der Waals surface area (Å²) < 4.78 is 12.6. The number of rotatable bonds is 8. The molecule has 52 heavy (non-hydrogen) atoms. The largest absolute Gasteiger partial charge is 0.446 e. The van der Waals surface area contributed by atoms with Crippen LogP contribution >= 0.6 is 0 Å². The zero-order chi connectivity index (χ0) is 36.7. The number of allylic oxidation sites excluding steroid dienone is 4. The Hall–Kier alpha value is -2.48. The molecule has 1 saturated heterocycles. The molecule has 12 atom stereocenters. The van der Waals surface area contributed by atoms with E-state index in [4.69, 9.17) is 9.47 Å². The number of carbonyl (C=O) groups excluding carboxylic acids is 2. The summed E-state index contributed by atoms with van der Waals surface area (Å²) in [7, 11) is 0. The Labute approximate surface area is 311 Å². The van der Waals surface area contributed by atoms with E-state index in [-0.39, 0.29) is 59.4 Å². The molecule has 7 heteroatoms. The maximum atomic E-state index is 14.8. The van der Waals surface area contributed by atoms with Gasteiger partial charge in [0.05, 0.1) is 30.9 Å². The fourth-order valence-electron chi connectivity index (χ4n) is 13.4. The molecule has 0 radical (unpaired) electrons. The fraction of sp³-hybridized carbons (Fsp3) is 0.733. The van der Waals surface area contributed by atoms with Gasteiger partial charge in [0.2, 0.25) is 0 Å². The van der Waals surface area contributed by atoms with Crippen LogP contribution in [0.25, 0.3) is 0 Å². The van der Waals surface area contributed by atoms with Crippen molar-refractivity contribution in [1.82, 2.24) is 4.90 Å². The van der Waals surface area contributed by atoms with Gasteiger partial charge in [0, 0.05) is 34.0 Å². The van der Waals surface area contributed by atoms with Crippen LogP contribution in [0, 0.1) is 51.2 Å². The average molecular weight is 714 g/mol. The minimum Gasteiger partial charge on any atom is -0.446 e. The van der Waals surface area contributed by atoms with Crippen LogP contribution in [-0.2, 0) is 9.47 Å². The van der Waals surface area contributed by atoms with Crippen molar-refractivity contribution < 1.29 is 29.3 Å². The normalized spacial score (nSPS) is 44.8. The third-order valence-electron chi connectivity index (χ3n) is 16.4. The fourth-order valence-corrected chi connectivity index (χ4v) is 13.4. The van der Waals surface area contributed by atoms with Crippen LogP contribution in [0.15, 0.2) is 54.1 Å². The lowest BCUT2D eigenvalue weighted by molar-refractivity contribution is -0.176. The van der Waals surface area contributed by atoms with E-state index in [1.807, 2.05) is 35.2 Å². The van der Waals surface area contributed by atoms with Gasteiger partial charge in [-0.15, -0.1) is 0 Å². The second-order valence-electron chi connectivity index (χ2n) is 19.3.